The van der Waals surface area contributed by atoms with Crippen LogP contribution < -0.4 is 5.32 Å². The first kappa shape index (κ1) is 17.2. The standard InChI is InChI=1S/C14H19ClN2O4S/c1-7-8(2)21-9(3)13(7)17-14(18)10-5-12(22(4,19)20)16-6-11(10)15/h5-9,13H,1-4H3,(H,17,18). The van der Waals surface area contributed by atoms with Gasteiger partial charge in [0.15, 0.2) is 14.9 Å². The molecule has 1 aliphatic heterocycles. The van der Waals surface area contributed by atoms with E-state index in [0.29, 0.717) is 0 Å². The number of ether oxygens (including phenoxy) is 1. The fraction of sp³-hybridized carbons (Fsp3) is 0.571. The van der Waals surface area contributed by atoms with Crippen LogP contribution in [0.3, 0.4) is 0 Å². The summed E-state index contributed by atoms with van der Waals surface area (Å²) < 4.78 is 28.8. The van der Waals surface area contributed by atoms with E-state index in [4.69, 9.17) is 16.3 Å². The Morgan fingerprint density at radius 2 is 1.95 bits per heavy atom. The highest BCUT2D eigenvalue weighted by molar-refractivity contribution is 7.90. The SMILES string of the molecule is CC1OC(C)C(NC(=O)c2cc(S(C)(=O)=O)ncc2Cl)C1C. The van der Waals surface area contributed by atoms with Gasteiger partial charge in [-0.3, -0.25) is 4.79 Å². The summed E-state index contributed by atoms with van der Waals surface area (Å²) in [6.45, 7) is 5.84. The Hall–Kier alpha value is -1.18. The summed E-state index contributed by atoms with van der Waals surface area (Å²) in [5.41, 5.74) is 0.0936. The van der Waals surface area contributed by atoms with Crippen LogP contribution in [0.25, 0.3) is 0 Å². The molecular formula is C14H19ClN2O4S. The molecule has 4 unspecified atom stereocenters. The van der Waals surface area contributed by atoms with Crippen molar-refractivity contribution in [3.8, 4) is 0 Å². The van der Waals surface area contributed by atoms with E-state index < -0.39 is 15.7 Å². The molecule has 8 heteroatoms. The van der Waals surface area contributed by atoms with E-state index in [1.165, 1.54) is 12.3 Å². The smallest absolute Gasteiger partial charge is 0.253 e. The molecule has 1 aliphatic rings. The highest BCUT2D eigenvalue weighted by Crippen LogP contribution is 2.27. The average molecular weight is 347 g/mol. The number of carbonyl (C=O) groups excluding carboxylic acids is 1. The number of sulfone groups is 1. The van der Waals surface area contributed by atoms with Crippen LogP contribution in [0.5, 0.6) is 0 Å². The van der Waals surface area contributed by atoms with E-state index in [1.54, 1.807) is 0 Å². The van der Waals surface area contributed by atoms with Crippen LogP contribution in [0, 0.1) is 5.92 Å². The predicted octanol–water partition coefficient (Wildman–Crippen LogP) is 1.68. The van der Waals surface area contributed by atoms with Crippen molar-refractivity contribution in [3.63, 3.8) is 0 Å². The highest BCUT2D eigenvalue weighted by Gasteiger charge is 2.38. The molecule has 0 saturated carbocycles. The summed E-state index contributed by atoms with van der Waals surface area (Å²) in [6.07, 6.45) is 2.12. The molecule has 2 heterocycles. The summed E-state index contributed by atoms with van der Waals surface area (Å²) in [5.74, 6) is -0.285. The molecule has 122 valence electrons. The van der Waals surface area contributed by atoms with Gasteiger partial charge in [0.2, 0.25) is 0 Å². The molecule has 1 aromatic heterocycles. The molecule has 0 aliphatic carbocycles. The predicted molar refractivity (Wildman–Crippen MR) is 82.8 cm³/mol. The molecule has 1 amide bonds. The lowest BCUT2D eigenvalue weighted by Gasteiger charge is -2.20. The van der Waals surface area contributed by atoms with Crippen molar-refractivity contribution < 1.29 is 17.9 Å². The Kier molecular flexibility index (Phi) is 4.79. The zero-order valence-corrected chi connectivity index (χ0v) is 14.4. The summed E-state index contributed by atoms with van der Waals surface area (Å²) in [4.78, 5) is 16.2. The third-order valence-corrected chi connectivity index (χ3v) is 5.28. The third kappa shape index (κ3) is 3.42. The number of nitrogens with zero attached hydrogens (tertiary/aromatic N) is 1. The lowest BCUT2D eigenvalue weighted by Crippen LogP contribution is -2.43. The molecule has 22 heavy (non-hydrogen) atoms. The normalized spacial score (nSPS) is 28.6. The van der Waals surface area contributed by atoms with Gasteiger partial charge >= 0.3 is 0 Å². The zero-order valence-electron chi connectivity index (χ0n) is 12.8. The first-order valence-electron chi connectivity index (χ1n) is 6.93. The second-order valence-corrected chi connectivity index (χ2v) is 8.05. The summed E-state index contributed by atoms with van der Waals surface area (Å²) >= 11 is 5.98. The average Bonchev–Trinajstić information content (AvgIpc) is 2.64. The number of carbonyl (C=O) groups is 1. The molecule has 6 nitrogen and oxygen atoms in total. The van der Waals surface area contributed by atoms with E-state index in [0.717, 1.165) is 6.26 Å². The van der Waals surface area contributed by atoms with Crippen LogP contribution in [0.15, 0.2) is 17.3 Å². The molecule has 4 atom stereocenters. The monoisotopic (exact) mass is 346 g/mol. The minimum atomic E-state index is -3.51. The van der Waals surface area contributed by atoms with Crippen molar-refractivity contribution in [3.05, 3.63) is 22.8 Å². The highest BCUT2D eigenvalue weighted by atomic mass is 35.5. The van der Waals surface area contributed by atoms with Crippen molar-refractivity contribution in [2.45, 2.75) is 44.0 Å². The molecule has 1 fully saturated rings. The van der Waals surface area contributed by atoms with Gasteiger partial charge in [0.1, 0.15) is 0 Å². The number of hydrogen-bond acceptors (Lipinski definition) is 5. The first-order valence-corrected chi connectivity index (χ1v) is 9.20. The molecule has 0 aromatic carbocycles. The molecule has 1 aromatic rings. The number of aromatic nitrogens is 1. The van der Waals surface area contributed by atoms with Crippen molar-refractivity contribution in [2.24, 2.45) is 5.92 Å². The van der Waals surface area contributed by atoms with Gasteiger partial charge in [-0.05, 0) is 19.9 Å². The van der Waals surface area contributed by atoms with Gasteiger partial charge in [-0.15, -0.1) is 0 Å². The van der Waals surface area contributed by atoms with Crippen LogP contribution in [0.4, 0.5) is 0 Å². The van der Waals surface area contributed by atoms with Crippen molar-refractivity contribution in [2.75, 3.05) is 6.26 Å². The quantitative estimate of drug-likeness (QED) is 0.900. The van der Waals surface area contributed by atoms with E-state index in [1.807, 2.05) is 20.8 Å². The Morgan fingerprint density at radius 3 is 2.45 bits per heavy atom. The molecule has 0 spiro atoms. The molecule has 0 bridgehead atoms. The van der Waals surface area contributed by atoms with Gasteiger partial charge in [0.05, 0.1) is 28.8 Å². The first-order chi connectivity index (χ1) is 10.1. The number of hydrogen-bond donors (Lipinski definition) is 1. The topological polar surface area (TPSA) is 85.4 Å². The van der Waals surface area contributed by atoms with Crippen LogP contribution in [0.1, 0.15) is 31.1 Å². The Balaban J connectivity index is 2.27. The lowest BCUT2D eigenvalue weighted by atomic mass is 9.96. The van der Waals surface area contributed by atoms with Gasteiger partial charge in [-0.25, -0.2) is 13.4 Å². The largest absolute Gasteiger partial charge is 0.373 e. The summed E-state index contributed by atoms with van der Waals surface area (Å²) in [7, 11) is -3.51. The zero-order chi connectivity index (χ0) is 16.7. The number of rotatable bonds is 3. The fourth-order valence-corrected chi connectivity index (χ4v) is 3.31. The van der Waals surface area contributed by atoms with Gasteiger partial charge in [0.25, 0.3) is 5.91 Å². The summed E-state index contributed by atoms with van der Waals surface area (Å²) in [6, 6.07) is 1.04. The number of nitrogens with one attached hydrogen (secondary N) is 1. The van der Waals surface area contributed by atoms with Gasteiger partial charge < -0.3 is 10.1 Å². The number of pyridine rings is 1. The van der Waals surface area contributed by atoms with Gasteiger partial charge in [-0.1, -0.05) is 18.5 Å². The molecule has 1 N–H and O–H groups in total. The molecular weight excluding hydrogens is 328 g/mol. The maximum absolute atomic E-state index is 12.4. The number of amides is 1. The second-order valence-electron chi connectivity index (χ2n) is 5.68. The summed E-state index contributed by atoms with van der Waals surface area (Å²) in [5, 5.41) is 2.80. The van der Waals surface area contributed by atoms with E-state index in [2.05, 4.69) is 10.3 Å². The lowest BCUT2D eigenvalue weighted by molar-refractivity contribution is 0.0531. The minimum Gasteiger partial charge on any atom is -0.373 e. The van der Waals surface area contributed by atoms with Crippen molar-refractivity contribution in [1.29, 1.82) is 0 Å². The Bertz CT molecular complexity index is 692. The van der Waals surface area contributed by atoms with Crippen LogP contribution in [-0.2, 0) is 14.6 Å². The second kappa shape index (κ2) is 6.14. The Labute approximate surface area is 135 Å². The molecule has 1 saturated heterocycles. The van der Waals surface area contributed by atoms with Crippen molar-refractivity contribution in [1.82, 2.24) is 10.3 Å². The fourth-order valence-electron chi connectivity index (χ4n) is 2.54. The Morgan fingerprint density at radius 1 is 1.32 bits per heavy atom. The van der Waals surface area contributed by atoms with E-state index >= 15 is 0 Å². The molecule has 2 rings (SSSR count). The van der Waals surface area contributed by atoms with Crippen LogP contribution in [-0.4, -0.2) is 43.8 Å². The van der Waals surface area contributed by atoms with E-state index in [-0.39, 0.29) is 39.8 Å². The molecule has 0 radical (unpaired) electrons. The maximum atomic E-state index is 12.4. The van der Waals surface area contributed by atoms with Gasteiger partial charge in [-0.2, -0.15) is 0 Å². The van der Waals surface area contributed by atoms with Gasteiger partial charge in [0, 0.05) is 18.4 Å². The third-order valence-electron chi connectivity index (χ3n) is 3.99. The van der Waals surface area contributed by atoms with Crippen LogP contribution >= 0.6 is 11.6 Å². The van der Waals surface area contributed by atoms with Crippen LogP contribution in [0.2, 0.25) is 5.02 Å². The van der Waals surface area contributed by atoms with Crippen molar-refractivity contribution >= 4 is 27.3 Å². The number of halogens is 1. The van der Waals surface area contributed by atoms with E-state index in [9.17, 15) is 13.2 Å². The maximum Gasteiger partial charge on any atom is 0.253 e. The minimum absolute atomic E-state index is 0.0415.